The second-order valence-corrected chi connectivity index (χ2v) is 10.3. The number of benzene rings is 1. The van der Waals surface area contributed by atoms with Crippen molar-refractivity contribution in [2.45, 2.75) is 117 Å². The minimum Gasteiger partial charge on any atom is -0.492 e. The van der Waals surface area contributed by atoms with E-state index in [9.17, 15) is 4.79 Å². The minimum absolute atomic E-state index is 0.0125. The molecule has 0 atom stereocenters. The zero-order chi connectivity index (χ0) is 25.8. The van der Waals surface area contributed by atoms with Crippen molar-refractivity contribution in [1.82, 2.24) is 5.32 Å². The summed E-state index contributed by atoms with van der Waals surface area (Å²) in [5.74, 6) is 0.690. The van der Waals surface area contributed by atoms with Crippen LogP contribution in [0.4, 0.5) is 0 Å². The molecular weight excluding hydrogens is 468 g/mol. The first-order valence-corrected chi connectivity index (χ1v) is 14.7. The lowest BCUT2D eigenvalue weighted by atomic mass is 10.1. The van der Waals surface area contributed by atoms with Crippen molar-refractivity contribution >= 4 is 17.5 Å². The fourth-order valence-electron chi connectivity index (χ4n) is 4.36. The van der Waals surface area contributed by atoms with E-state index in [1.165, 1.54) is 70.6 Å². The van der Waals surface area contributed by atoms with E-state index in [4.69, 9.17) is 16.3 Å². The van der Waals surface area contributed by atoms with Crippen molar-refractivity contribution in [2.24, 2.45) is 0 Å². The van der Waals surface area contributed by atoms with Crippen LogP contribution in [0.25, 0.3) is 0 Å². The maximum atomic E-state index is 12.4. The maximum absolute atomic E-state index is 12.4. The lowest BCUT2D eigenvalue weighted by molar-refractivity contribution is -0.697. The van der Waals surface area contributed by atoms with Crippen molar-refractivity contribution in [1.29, 1.82) is 0 Å². The van der Waals surface area contributed by atoms with Gasteiger partial charge in [-0.15, -0.1) is 0 Å². The third-order valence-corrected chi connectivity index (χ3v) is 6.84. The number of carbonyl (C=O) groups is 1. The second kappa shape index (κ2) is 19.1. The van der Waals surface area contributed by atoms with Crippen LogP contribution in [0.2, 0.25) is 5.02 Å². The monoisotopic (exact) mass is 515 g/mol. The Balaban J connectivity index is 1.55. The van der Waals surface area contributed by atoms with Crippen LogP contribution in [-0.4, -0.2) is 12.5 Å². The summed E-state index contributed by atoms with van der Waals surface area (Å²) in [6.45, 7) is 6.65. The van der Waals surface area contributed by atoms with Gasteiger partial charge in [-0.25, -0.2) is 4.57 Å². The van der Waals surface area contributed by atoms with Gasteiger partial charge < -0.3 is 10.1 Å². The molecule has 4 nitrogen and oxygen atoms in total. The minimum atomic E-state index is -0.0125. The lowest BCUT2D eigenvalue weighted by Crippen LogP contribution is -2.32. The van der Waals surface area contributed by atoms with Crippen LogP contribution < -0.4 is 14.6 Å². The van der Waals surface area contributed by atoms with E-state index in [-0.39, 0.29) is 5.91 Å². The Morgan fingerprint density at radius 3 is 2.00 bits per heavy atom. The third-order valence-electron chi connectivity index (χ3n) is 6.55. The molecule has 1 aromatic heterocycles. The van der Waals surface area contributed by atoms with Crippen LogP contribution in [0.15, 0.2) is 42.7 Å². The van der Waals surface area contributed by atoms with Gasteiger partial charge >= 0.3 is 0 Å². The highest BCUT2D eigenvalue weighted by Crippen LogP contribution is 2.26. The number of pyridine rings is 1. The Kier molecular flexibility index (Phi) is 16.0. The Morgan fingerprint density at radius 2 is 1.42 bits per heavy atom. The normalized spacial score (nSPS) is 11.0. The van der Waals surface area contributed by atoms with Crippen LogP contribution in [0, 0.1) is 0 Å². The highest BCUT2D eigenvalue weighted by molar-refractivity contribution is 6.32. The number of carbonyl (C=O) groups excluding carboxylic acids is 1. The first-order chi connectivity index (χ1) is 17.6. The molecule has 36 heavy (non-hydrogen) atoms. The maximum Gasteiger partial charge on any atom is 0.224 e. The quantitative estimate of drug-likeness (QED) is 0.143. The smallest absolute Gasteiger partial charge is 0.224 e. The molecule has 200 valence electrons. The largest absolute Gasteiger partial charge is 0.492 e. The molecule has 0 saturated heterocycles. The van der Waals surface area contributed by atoms with Crippen LogP contribution in [0.3, 0.4) is 0 Å². The number of amides is 1. The standard InChI is InChI=1S/C31H47ClN2O2/c1-3-5-6-7-8-9-10-11-12-13-14-15-23-36-30-17-16-28(24-29(30)32)25-31(35)33-26-27-18-21-34(20-4-2)22-19-27/h16-19,21-22,24H,3-15,20,23,25-26H2,1-2H3/p+1. The highest BCUT2D eigenvalue weighted by Gasteiger charge is 2.08. The molecule has 2 aromatic rings. The van der Waals surface area contributed by atoms with Gasteiger partial charge in [-0.2, -0.15) is 0 Å². The molecule has 5 heteroatoms. The number of ether oxygens (including phenoxy) is 1. The molecular formula is C31H48ClN2O2+. The summed E-state index contributed by atoms with van der Waals surface area (Å²) in [4.78, 5) is 12.4. The predicted octanol–water partition coefficient (Wildman–Crippen LogP) is 7.98. The van der Waals surface area contributed by atoms with Gasteiger partial charge in [0.1, 0.15) is 12.3 Å². The summed E-state index contributed by atoms with van der Waals surface area (Å²) in [5.41, 5.74) is 1.99. The van der Waals surface area contributed by atoms with Gasteiger partial charge in [0.2, 0.25) is 5.91 Å². The Labute approximate surface area is 224 Å². The molecule has 0 saturated carbocycles. The molecule has 2 rings (SSSR count). The molecule has 1 amide bonds. The molecule has 1 heterocycles. The van der Waals surface area contributed by atoms with Crippen LogP contribution >= 0.6 is 11.6 Å². The Bertz CT molecular complexity index is 854. The first-order valence-electron chi connectivity index (χ1n) is 14.3. The van der Waals surface area contributed by atoms with Gasteiger partial charge in [-0.05, 0) is 29.7 Å². The van der Waals surface area contributed by atoms with E-state index in [0.717, 1.165) is 30.5 Å². The SMILES string of the molecule is CCCCCCCCCCCCCCOc1ccc(CC(=O)NCc2cc[n+](CCC)cc2)cc1Cl. The summed E-state index contributed by atoms with van der Waals surface area (Å²) >= 11 is 6.42. The van der Waals surface area contributed by atoms with Gasteiger partial charge in [-0.3, -0.25) is 4.79 Å². The molecule has 0 radical (unpaired) electrons. The molecule has 0 bridgehead atoms. The average Bonchev–Trinajstić information content (AvgIpc) is 2.87. The summed E-state index contributed by atoms with van der Waals surface area (Å²) in [6, 6.07) is 9.76. The molecule has 1 aromatic carbocycles. The van der Waals surface area contributed by atoms with Crippen LogP contribution in [-0.2, 0) is 24.3 Å². The summed E-state index contributed by atoms with van der Waals surface area (Å²) in [5, 5.41) is 3.56. The Morgan fingerprint density at radius 1 is 0.806 bits per heavy atom. The molecule has 0 aliphatic carbocycles. The van der Waals surface area contributed by atoms with Crippen molar-refractivity contribution in [3.8, 4) is 5.75 Å². The van der Waals surface area contributed by atoms with Crippen molar-refractivity contribution < 1.29 is 14.1 Å². The second-order valence-electron chi connectivity index (χ2n) is 9.90. The lowest BCUT2D eigenvalue weighted by Gasteiger charge is -2.10. The fourth-order valence-corrected chi connectivity index (χ4v) is 4.62. The molecule has 0 unspecified atom stereocenters. The van der Waals surface area contributed by atoms with E-state index in [2.05, 4.69) is 48.3 Å². The number of aryl methyl sites for hydroxylation is 1. The summed E-state index contributed by atoms with van der Waals surface area (Å²) < 4.78 is 8.03. The zero-order valence-corrected chi connectivity index (χ0v) is 23.5. The first kappa shape index (κ1) is 30.2. The predicted molar refractivity (Wildman–Crippen MR) is 151 cm³/mol. The van der Waals surface area contributed by atoms with Crippen LogP contribution in [0.5, 0.6) is 5.75 Å². The zero-order valence-electron chi connectivity index (χ0n) is 22.7. The summed E-state index contributed by atoms with van der Waals surface area (Å²) in [7, 11) is 0. The van der Waals surface area contributed by atoms with Crippen molar-refractivity contribution in [3.63, 3.8) is 0 Å². The topological polar surface area (TPSA) is 42.2 Å². The number of nitrogens with zero attached hydrogens (tertiary/aromatic N) is 1. The molecule has 0 fully saturated rings. The molecule has 1 N–H and O–H groups in total. The van der Waals surface area contributed by atoms with Crippen molar-refractivity contribution in [3.05, 3.63) is 58.9 Å². The number of nitrogens with one attached hydrogen (secondary N) is 1. The average molecular weight is 516 g/mol. The van der Waals surface area contributed by atoms with E-state index in [0.29, 0.717) is 30.3 Å². The molecule has 0 spiro atoms. The van der Waals surface area contributed by atoms with E-state index in [1.54, 1.807) is 0 Å². The van der Waals surface area contributed by atoms with Crippen LogP contribution in [0.1, 0.15) is 108 Å². The van der Waals surface area contributed by atoms with Gasteiger partial charge in [-0.1, -0.05) is 102 Å². The molecule has 0 aliphatic rings. The Hall–Kier alpha value is -2.07. The van der Waals surface area contributed by atoms with E-state index >= 15 is 0 Å². The number of hydrogen-bond donors (Lipinski definition) is 1. The number of aromatic nitrogens is 1. The van der Waals surface area contributed by atoms with Crippen molar-refractivity contribution in [2.75, 3.05) is 6.61 Å². The van der Waals surface area contributed by atoms with Gasteiger partial charge in [0.25, 0.3) is 0 Å². The third kappa shape index (κ3) is 13.3. The van der Waals surface area contributed by atoms with E-state index in [1.807, 2.05) is 18.2 Å². The number of rotatable bonds is 20. The number of halogens is 1. The fraction of sp³-hybridized carbons (Fsp3) is 0.613. The van der Waals surface area contributed by atoms with E-state index < -0.39 is 0 Å². The van der Waals surface area contributed by atoms with Gasteiger partial charge in [0.05, 0.1) is 18.1 Å². The molecule has 0 aliphatic heterocycles. The van der Waals surface area contributed by atoms with Gasteiger partial charge in [0.15, 0.2) is 12.4 Å². The number of unbranched alkanes of at least 4 members (excludes halogenated alkanes) is 11. The number of hydrogen-bond acceptors (Lipinski definition) is 2. The van der Waals surface area contributed by atoms with Gasteiger partial charge in [0, 0.05) is 25.1 Å². The summed E-state index contributed by atoms with van der Waals surface area (Å²) in [6.07, 6.45) is 21.5. The highest BCUT2D eigenvalue weighted by atomic mass is 35.5.